The van der Waals surface area contributed by atoms with Crippen LogP contribution in [0.3, 0.4) is 0 Å². The predicted octanol–water partition coefficient (Wildman–Crippen LogP) is 3.72. The quantitative estimate of drug-likeness (QED) is 0.539. The number of furan rings is 1. The van der Waals surface area contributed by atoms with E-state index >= 15 is 0 Å². The lowest BCUT2D eigenvalue weighted by atomic mass is 10.0. The number of aryl methyl sites for hydroxylation is 2. The van der Waals surface area contributed by atoms with Crippen LogP contribution in [0.25, 0.3) is 11.6 Å². The largest absolute Gasteiger partial charge is 0.458 e. The van der Waals surface area contributed by atoms with Crippen molar-refractivity contribution in [2.75, 3.05) is 0 Å². The highest BCUT2D eigenvalue weighted by atomic mass is 16.3. The molecule has 6 nitrogen and oxygen atoms in total. The Bertz CT molecular complexity index is 924. The van der Waals surface area contributed by atoms with Gasteiger partial charge in [-0.05, 0) is 31.0 Å². The normalized spacial score (nSPS) is 12.4. The van der Waals surface area contributed by atoms with Crippen molar-refractivity contribution in [2.45, 2.75) is 25.9 Å². The molecule has 0 bridgehead atoms. The molecule has 0 saturated carbocycles. The predicted molar refractivity (Wildman–Crippen MR) is 93.9 cm³/mol. The Kier molecular flexibility index (Phi) is 4.16. The summed E-state index contributed by atoms with van der Waals surface area (Å²) < 4.78 is 9.82. The summed E-state index contributed by atoms with van der Waals surface area (Å²) in [5, 5.41) is 4.21. The Balaban J connectivity index is 1.70. The third-order valence-electron chi connectivity index (χ3n) is 4.25. The molecule has 3 aromatic heterocycles. The van der Waals surface area contributed by atoms with Crippen LogP contribution in [0.15, 0.2) is 71.9 Å². The molecule has 6 heteroatoms. The Morgan fingerprint density at radius 3 is 2.72 bits per heavy atom. The maximum absolute atomic E-state index is 5.79. The van der Waals surface area contributed by atoms with Crippen LogP contribution >= 0.6 is 0 Å². The Morgan fingerprint density at radius 1 is 1.12 bits per heavy atom. The third kappa shape index (κ3) is 3.24. The summed E-state index contributed by atoms with van der Waals surface area (Å²) in [6.07, 6.45) is 8.00. The minimum absolute atomic E-state index is 0.133. The van der Waals surface area contributed by atoms with Gasteiger partial charge in [-0.3, -0.25) is 4.68 Å². The molecule has 0 radical (unpaired) electrons. The van der Waals surface area contributed by atoms with Crippen molar-refractivity contribution in [1.82, 2.24) is 24.3 Å². The van der Waals surface area contributed by atoms with Gasteiger partial charge in [0.15, 0.2) is 11.6 Å². The number of hydrogen-bond donors (Lipinski definition) is 0. The van der Waals surface area contributed by atoms with E-state index in [1.165, 1.54) is 5.56 Å². The number of nitrogens with zero attached hydrogens (tertiary/aromatic N) is 5. The van der Waals surface area contributed by atoms with E-state index in [0.717, 1.165) is 30.3 Å². The number of aromatic nitrogens is 5. The molecule has 126 valence electrons. The summed E-state index contributed by atoms with van der Waals surface area (Å²) in [5.41, 5.74) is 1.23. The second-order valence-electron chi connectivity index (χ2n) is 5.94. The molecule has 0 fully saturated rings. The first kappa shape index (κ1) is 15.4. The molecule has 0 amide bonds. The van der Waals surface area contributed by atoms with Gasteiger partial charge >= 0.3 is 0 Å². The van der Waals surface area contributed by atoms with Gasteiger partial charge in [-0.15, -0.1) is 0 Å². The molecule has 0 saturated heterocycles. The van der Waals surface area contributed by atoms with Gasteiger partial charge in [-0.2, -0.15) is 5.10 Å². The standard InChI is InChI=1S/C19H19N5O/c1-15-7-8-18(25-15)19-21-10-12-24(19)17(16-5-3-2-4-6-16)9-11-23-14-20-13-22-23/h2-8,10,12-14,17H,9,11H2,1H3. The molecular formula is C19H19N5O. The van der Waals surface area contributed by atoms with E-state index in [4.69, 9.17) is 4.42 Å². The van der Waals surface area contributed by atoms with Gasteiger partial charge in [-0.1, -0.05) is 30.3 Å². The molecule has 1 aromatic carbocycles. The molecule has 1 unspecified atom stereocenters. The lowest BCUT2D eigenvalue weighted by molar-refractivity contribution is 0.464. The number of hydrogen-bond acceptors (Lipinski definition) is 4. The second-order valence-corrected chi connectivity index (χ2v) is 5.94. The summed E-state index contributed by atoms with van der Waals surface area (Å²) in [5.74, 6) is 2.49. The third-order valence-corrected chi connectivity index (χ3v) is 4.25. The average molecular weight is 333 g/mol. The number of imidazole rings is 1. The van der Waals surface area contributed by atoms with E-state index in [0.29, 0.717) is 0 Å². The minimum Gasteiger partial charge on any atom is -0.458 e. The molecule has 1 atom stereocenters. The molecule has 4 aromatic rings. The van der Waals surface area contributed by atoms with Crippen molar-refractivity contribution < 1.29 is 4.42 Å². The Morgan fingerprint density at radius 2 is 2.00 bits per heavy atom. The first-order valence-corrected chi connectivity index (χ1v) is 8.28. The van der Waals surface area contributed by atoms with Crippen LogP contribution in [-0.4, -0.2) is 24.3 Å². The molecule has 0 aliphatic carbocycles. The Labute approximate surface area is 145 Å². The van der Waals surface area contributed by atoms with E-state index < -0.39 is 0 Å². The molecule has 0 aliphatic heterocycles. The summed E-state index contributed by atoms with van der Waals surface area (Å²) in [4.78, 5) is 8.55. The van der Waals surface area contributed by atoms with Crippen LogP contribution in [0.5, 0.6) is 0 Å². The Hall–Kier alpha value is -3.15. The summed E-state index contributed by atoms with van der Waals surface area (Å²) in [6.45, 7) is 2.71. The smallest absolute Gasteiger partial charge is 0.176 e. The number of benzene rings is 1. The minimum atomic E-state index is 0.133. The van der Waals surface area contributed by atoms with Gasteiger partial charge < -0.3 is 8.98 Å². The summed E-state index contributed by atoms with van der Waals surface area (Å²) >= 11 is 0. The zero-order valence-corrected chi connectivity index (χ0v) is 14.0. The van der Waals surface area contributed by atoms with Gasteiger partial charge in [0, 0.05) is 18.9 Å². The molecule has 0 N–H and O–H groups in total. The van der Waals surface area contributed by atoms with Gasteiger partial charge in [0.25, 0.3) is 0 Å². The topological polar surface area (TPSA) is 61.7 Å². The highest BCUT2D eigenvalue weighted by Crippen LogP contribution is 2.29. The van der Waals surface area contributed by atoms with Crippen LogP contribution in [0.4, 0.5) is 0 Å². The monoisotopic (exact) mass is 333 g/mol. The fourth-order valence-corrected chi connectivity index (χ4v) is 3.05. The molecular weight excluding hydrogens is 314 g/mol. The lowest BCUT2D eigenvalue weighted by Gasteiger charge is -2.21. The zero-order valence-electron chi connectivity index (χ0n) is 14.0. The van der Waals surface area contributed by atoms with E-state index in [9.17, 15) is 0 Å². The lowest BCUT2D eigenvalue weighted by Crippen LogP contribution is -2.14. The van der Waals surface area contributed by atoms with E-state index in [1.54, 1.807) is 12.7 Å². The first-order chi connectivity index (χ1) is 12.3. The maximum atomic E-state index is 5.79. The van der Waals surface area contributed by atoms with E-state index in [2.05, 4.69) is 43.9 Å². The van der Waals surface area contributed by atoms with E-state index in [1.807, 2.05) is 42.2 Å². The number of rotatable bonds is 6. The van der Waals surface area contributed by atoms with Crippen LogP contribution in [-0.2, 0) is 6.54 Å². The average Bonchev–Trinajstić information content (AvgIpc) is 3.37. The first-order valence-electron chi connectivity index (χ1n) is 8.28. The highest BCUT2D eigenvalue weighted by molar-refractivity contribution is 5.48. The van der Waals surface area contributed by atoms with Crippen molar-refractivity contribution in [3.8, 4) is 11.6 Å². The van der Waals surface area contributed by atoms with Crippen LogP contribution < -0.4 is 0 Å². The molecule has 25 heavy (non-hydrogen) atoms. The van der Waals surface area contributed by atoms with Gasteiger partial charge in [0.2, 0.25) is 0 Å². The zero-order chi connectivity index (χ0) is 17.1. The molecule has 4 rings (SSSR count). The van der Waals surface area contributed by atoms with Crippen molar-refractivity contribution in [1.29, 1.82) is 0 Å². The molecule has 0 spiro atoms. The molecule has 0 aliphatic rings. The maximum Gasteiger partial charge on any atom is 0.176 e. The van der Waals surface area contributed by atoms with Crippen LogP contribution in [0, 0.1) is 6.92 Å². The van der Waals surface area contributed by atoms with Gasteiger partial charge in [-0.25, -0.2) is 9.97 Å². The van der Waals surface area contributed by atoms with Crippen molar-refractivity contribution in [3.05, 3.63) is 78.8 Å². The van der Waals surface area contributed by atoms with Crippen molar-refractivity contribution in [2.24, 2.45) is 0 Å². The SMILES string of the molecule is Cc1ccc(-c2nccn2C(CCn2cncn2)c2ccccc2)o1. The molecule has 3 heterocycles. The van der Waals surface area contributed by atoms with Crippen LogP contribution in [0.1, 0.15) is 23.8 Å². The summed E-state index contributed by atoms with van der Waals surface area (Å²) in [6, 6.07) is 14.5. The van der Waals surface area contributed by atoms with Crippen molar-refractivity contribution in [3.63, 3.8) is 0 Å². The highest BCUT2D eigenvalue weighted by Gasteiger charge is 2.19. The van der Waals surface area contributed by atoms with E-state index in [-0.39, 0.29) is 6.04 Å². The van der Waals surface area contributed by atoms with Crippen molar-refractivity contribution >= 4 is 0 Å². The second kappa shape index (κ2) is 6.76. The summed E-state index contributed by atoms with van der Waals surface area (Å²) in [7, 11) is 0. The fourth-order valence-electron chi connectivity index (χ4n) is 3.05. The van der Waals surface area contributed by atoms with Gasteiger partial charge in [0.1, 0.15) is 18.4 Å². The van der Waals surface area contributed by atoms with Gasteiger partial charge in [0.05, 0.1) is 6.04 Å². The van der Waals surface area contributed by atoms with Crippen LogP contribution in [0.2, 0.25) is 0 Å². The fraction of sp³-hybridized carbons (Fsp3) is 0.211.